The molecule has 0 aliphatic carbocycles. The van der Waals surface area contributed by atoms with Crippen LogP contribution in [-0.2, 0) is 17.8 Å². The molecule has 170 valence electrons. The van der Waals surface area contributed by atoms with Gasteiger partial charge in [-0.15, -0.1) is 24.0 Å². The summed E-state index contributed by atoms with van der Waals surface area (Å²) in [5, 5.41) is 3.43. The molecule has 0 radical (unpaired) electrons. The average molecular weight is 539 g/mol. The summed E-state index contributed by atoms with van der Waals surface area (Å²) in [4.78, 5) is 14.0. The van der Waals surface area contributed by atoms with Crippen LogP contribution in [0.3, 0.4) is 0 Å². The van der Waals surface area contributed by atoms with E-state index in [2.05, 4.69) is 57.4 Å². The number of ether oxygens (including phenoxy) is 2. The van der Waals surface area contributed by atoms with Crippen molar-refractivity contribution in [3.8, 4) is 5.88 Å². The zero-order valence-electron chi connectivity index (χ0n) is 18.5. The SMILES string of the molecule is CCNC(=NCc1ccc(OCCOC)nc1)N1CCN(Cc2ccccc2)CC1.I. The fraction of sp³-hybridized carbons (Fsp3) is 0.478. The van der Waals surface area contributed by atoms with E-state index in [1.54, 1.807) is 7.11 Å². The molecule has 1 aliphatic rings. The Bertz CT molecular complexity index is 765. The largest absolute Gasteiger partial charge is 0.475 e. The number of pyridine rings is 1. The normalized spacial score (nSPS) is 14.8. The molecule has 0 atom stereocenters. The third-order valence-electron chi connectivity index (χ3n) is 5.00. The number of rotatable bonds is 9. The molecule has 1 N–H and O–H groups in total. The van der Waals surface area contributed by atoms with Crippen molar-refractivity contribution in [3.63, 3.8) is 0 Å². The van der Waals surface area contributed by atoms with Gasteiger partial charge in [0, 0.05) is 58.6 Å². The summed E-state index contributed by atoms with van der Waals surface area (Å²) in [6, 6.07) is 14.6. The minimum absolute atomic E-state index is 0. The summed E-state index contributed by atoms with van der Waals surface area (Å²) in [6.45, 7) is 9.64. The summed E-state index contributed by atoms with van der Waals surface area (Å²) < 4.78 is 10.5. The van der Waals surface area contributed by atoms with Crippen molar-refractivity contribution in [2.75, 3.05) is 53.0 Å². The average Bonchev–Trinajstić information content (AvgIpc) is 2.79. The summed E-state index contributed by atoms with van der Waals surface area (Å²) >= 11 is 0. The Balaban J connectivity index is 0.00000341. The summed E-state index contributed by atoms with van der Waals surface area (Å²) in [7, 11) is 1.66. The molecule has 1 aliphatic heterocycles. The number of hydrogen-bond donors (Lipinski definition) is 1. The van der Waals surface area contributed by atoms with Crippen molar-refractivity contribution in [3.05, 3.63) is 59.8 Å². The van der Waals surface area contributed by atoms with Crippen LogP contribution in [0.25, 0.3) is 0 Å². The lowest BCUT2D eigenvalue weighted by Crippen LogP contribution is -2.52. The highest BCUT2D eigenvalue weighted by molar-refractivity contribution is 14.0. The van der Waals surface area contributed by atoms with Crippen LogP contribution in [0.1, 0.15) is 18.1 Å². The molecule has 8 heteroatoms. The first-order valence-corrected chi connectivity index (χ1v) is 10.6. The Kier molecular flexibility index (Phi) is 11.6. The van der Waals surface area contributed by atoms with Crippen LogP contribution in [0, 0.1) is 0 Å². The van der Waals surface area contributed by atoms with Crippen LogP contribution in [-0.4, -0.2) is 73.8 Å². The Morgan fingerprint density at radius 2 is 1.81 bits per heavy atom. The van der Waals surface area contributed by atoms with Gasteiger partial charge < -0.3 is 19.7 Å². The maximum Gasteiger partial charge on any atom is 0.213 e. The molecule has 0 amide bonds. The van der Waals surface area contributed by atoms with E-state index in [0.29, 0.717) is 25.6 Å². The number of nitrogens with one attached hydrogen (secondary N) is 1. The van der Waals surface area contributed by atoms with Crippen molar-refractivity contribution >= 4 is 29.9 Å². The van der Waals surface area contributed by atoms with Gasteiger partial charge in [-0.2, -0.15) is 0 Å². The maximum absolute atomic E-state index is 5.52. The maximum atomic E-state index is 5.52. The second kappa shape index (κ2) is 14.2. The molecule has 0 spiro atoms. The van der Waals surface area contributed by atoms with E-state index in [9.17, 15) is 0 Å². The van der Waals surface area contributed by atoms with Crippen LogP contribution in [0.15, 0.2) is 53.7 Å². The number of aromatic nitrogens is 1. The van der Waals surface area contributed by atoms with E-state index in [1.807, 2.05) is 18.3 Å². The molecule has 0 unspecified atom stereocenters. The van der Waals surface area contributed by atoms with Gasteiger partial charge >= 0.3 is 0 Å². The summed E-state index contributed by atoms with van der Waals surface area (Å²) in [5.74, 6) is 1.58. The molecule has 1 aromatic heterocycles. The van der Waals surface area contributed by atoms with E-state index in [1.165, 1.54) is 5.56 Å². The highest BCUT2D eigenvalue weighted by atomic mass is 127. The van der Waals surface area contributed by atoms with Crippen molar-refractivity contribution in [1.29, 1.82) is 0 Å². The van der Waals surface area contributed by atoms with E-state index < -0.39 is 0 Å². The zero-order chi connectivity index (χ0) is 21.0. The number of hydrogen-bond acceptors (Lipinski definition) is 5. The monoisotopic (exact) mass is 539 g/mol. The van der Waals surface area contributed by atoms with Gasteiger partial charge in [-0.3, -0.25) is 4.90 Å². The number of guanidine groups is 1. The molecule has 7 nitrogen and oxygen atoms in total. The molecule has 1 aromatic carbocycles. The second-order valence-corrected chi connectivity index (χ2v) is 7.26. The standard InChI is InChI=1S/C23H33N5O2.HI/c1-3-24-23(26-18-21-9-10-22(25-17-21)30-16-15-29-2)28-13-11-27(12-14-28)19-20-7-5-4-6-8-20;/h4-10,17H,3,11-16,18-19H2,1-2H3,(H,24,26);1H. The van der Waals surface area contributed by atoms with E-state index in [-0.39, 0.29) is 24.0 Å². The van der Waals surface area contributed by atoms with Gasteiger partial charge in [0.1, 0.15) is 6.61 Å². The summed E-state index contributed by atoms with van der Waals surface area (Å²) in [5.41, 5.74) is 2.43. The van der Waals surface area contributed by atoms with Gasteiger partial charge in [-0.1, -0.05) is 36.4 Å². The van der Waals surface area contributed by atoms with Gasteiger partial charge in [-0.05, 0) is 18.1 Å². The fourth-order valence-corrected chi connectivity index (χ4v) is 3.37. The first-order valence-electron chi connectivity index (χ1n) is 10.6. The van der Waals surface area contributed by atoms with Gasteiger partial charge in [0.05, 0.1) is 13.2 Å². The van der Waals surface area contributed by atoms with Gasteiger partial charge in [-0.25, -0.2) is 9.98 Å². The van der Waals surface area contributed by atoms with Gasteiger partial charge in [0.15, 0.2) is 5.96 Å². The molecule has 1 saturated heterocycles. The molecule has 3 rings (SSSR count). The molecular formula is C23H34IN5O2. The van der Waals surface area contributed by atoms with Crippen molar-refractivity contribution in [1.82, 2.24) is 20.1 Å². The van der Waals surface area contributed by atoms with E-state index in [0.717, 1.165) is 50.8 Å². The quantitative estimate of drug-likeness (QED) is 0.229. The first kappa shape index (κ1) is 25.4. The van der Waals surface area contributed by atoms with E-state index in [4.69, 9.17) is 14.5 Å². The zero-order valence-corrected chi connectivity index (χ0v) is 20.8. The molecule has 1 fully saturated rings. The van der Waals surface area contributed by atoms with Crippen LogP contribution in [0.2, 0.25) is 0 Å². The van der Waals surface area contributed by atoms with Crippen molar-refractivity contribution < 1.29 is 9.47 Å². The van der Waals surface area contributed by atoms with Crippen LogP contribution >= 0.6 is 24.0 Å². The smallest absolute Gasteiger partial charge is 0.213 e. The lowest BCUT2D eigenvalue weighted by Gasteiger charge is -2.36. The number of aliphatic imine (C=N–C) groups is 1. The lowest BCUT2D eigenvalue weighted by atomic mass is 10.2. The number of halogens is 1. The Labute approximate surface area is 202 Å². The Hall–Kier alpha value is -1.91. The Morgan fingerprint density at radius 1 is 1.03 bits per heavy atom. The summed E-state index contributed by atoms with van der Waals surface area (Å²) in [6.07, 6.45) is 1.83. The molecule has 31 heavy (non-hydrogen) atoms. The second-order valence-electron chi connectivity index (χ2n) is 7.26. The predicted octanol–water partition coefficient (Wildman–Crippen LogP) is 3.01. The van der Waals surface area contributed by atoms with Crippen LogP contribution in [0.4, 0.5) is 0 Å². The number of methoxy groups -OCH3 is 1. The van der Waals surface area contributed by atoms with Gasteiger partial charge in [0.25, 0.3) is 0 Å². The highest BCUT2D eigenvalue weighted by Gasteiger charge is 2.19. The highest BCUT2D eigenvalue weighted by Crippen LogP contribution is 2.11. The predicted molar refractivity (Wildman–Crippen MR) is 135 cm³/mol. The minimum Gasteiger partial charge on any atom is -0.475 e. The van der Waals surface area contributed by atoms with Crippen LogP contribution < -0.4 is 10.1 Å². The van der Waals surface area contributed by atoms with Crippen molar-refractivity contribution in [2.24, 2.45) is 4.99 Å². The van der Waals surface area contributed by atoms with Crippen LogP contribution in [0.5, 0.6) is 5.88 Å². The minimum atomic E-state index is 0. The van der Waals surface area contributed by atoms with Gasteiger partial charge in [0.2, 0.25) is 5.88 Å². The molecular weight excluding hydrogens is 505 g/mol. The topological polar surface area (TPSA) is 62.2 Å². The Morgan fingerprint density at radius 3 is 2.45 bits per heavy atom. The molecule has 2 heterocycles. The lowest BCUT2D eigenvalue weighted by molar-refractivity contribution is 0.143. The molecule has 0 saturated carbocycles. The third-order valence-corrected chi connectivity index (χ3v) is 5.00. The molecule has 0 bridgehead atoms. The molecule has 2 aromatic rings. The first-order chi connectivity index (χ1) is 14.8. The fourth-order valence-electron chi connectivity index (χ4n) is 3.37. The van der Waals surface area contributed by atoms with E-state index >= 15 is 0 Å². The number of benzene rings is 1. The number of nitrogens with zero attached hydrogens (tertiary/aromatic N) is 4. The van der Waals surface area contributed by atoms with Crippen molar-refractivity contribution in [2.45, 2.75) is 20.0 Å². The number of piperazine rings is 1. The third kappa shape index (κ3) is 8.62.